The van der Waals surface area contributed by atoms with Crippen LogP contribution in [0.2, 0.25) is 0 Å². The van der Waals surface area contributed by atoms with Crippen LogP contribution < -0.4 is 23.7 Å². The molecular formula is C22H20O7. The van der Waals surface area contributed by atoms with E-state index in [-0.39, 0.29) is 25.3 Å². The van der Waals surface area contributed by atoms with Crippen LogP contribution in [0.5, 0.6) is 28.7 Å². The molecule has 1 aliphatic carbocycles. The SMILES string of the molecule is COc1cc([C@@H]2C3=C(Cc4cc5c(cc42)OCO5)C(=O)OC3)cc(OC)c1OC. The maximum atomic E-state index is 12.4. The van der Waals surface area contributed by atoms with Crippen molar-refractivity contribution < 1.29 is 33.2 Å². The Balaban J connectivity index is 1.73. The zero-order valence-corrected chi connectivity index (χ0v) is 16.4. The van der Waals surface area contributed by atoms with E-state index in [9.17, 15) is 4.79 Å². The summed E-state index contributed by atoms with van der Waals surface area (Å²) in [5, 5.41) is 0. The number of carbonyl (C=O) groups is 1. The second kappa shape index (κ2) is 6.62. The van der Waals surface area contributed by atoms with Gasteiger partial charge in [0.25, 0.3) is 0 Å². The number of fused-ring (bicyclic) bond motifs is 2. The summed E-state index contributed by atoms with van der Waals surface area (Å²) in [6.45, 7) is 0.464. The maximum Gasteiger partial charge on any atom is 0.334 e. The molecule has 7 nitrogen and oxygen atoms in total. The van der Waals surface area contributed by atoms with Crippen molar-refractivity contribution in [3.8, 4) is 28.7 Å². The molecule has 7 heteroatoms. The summed E-state index contributed by atoms with van der Waals surface area (Å²) in [5.74, 6) is 2.58. The van der Waals surface area contributed by atoms with E-state index < -0.39 is 0 Å². The van der Waals surface area contributed by atoms with Crippen LogP contribution >= 0.6 is 0 Å². The molecule has 0 unspecified atom stereocenters. The van der Waals surface area contributed by atoms with Crippen molar-refractivity contribution in [1.82, 2.24) is 0 Å². The highest BCUT2D eigenvalue weighted by atomic mass is 16.7. The zero-order chi connectivity index (χ0) is 20.1. The van der Waals surface area contributed by atoms with Gasteiger partial charge < -0.3 is 28.4 Å². The molecule has 0 bridgehead atoms. The first-order valence-corrected chi connectivity index (χ1v) is 9.26. The highest BCUT2D eigenvalue weighted by molar-refractivity contribution is 5.94. The smallest absolute Gasteiger partial charge is 0.334 e. The largest absolute Gasteiger partial charge is 0.493 e. The Morgan fingerprint density at radius 3 is 2.24 bits per heavy atom. The van der Waals surface area contributed by atoms with Crippen LogP contribution in [0.4, 0.5) is 0 Å². The van der Waals surface area contributed by atoms with Gasteiger partial charge in [-0.3, -0.25) is 0 Å². The number of esters is 1. The first kappa shape index (κ1) is 17.7. The maximum absolute atomic E-state index is 12.4. The Morgan fingerprint density at radius 2 is 1.59 bits per heavy atom. The summed E-state index contributed by atoms with van der Waals surface area (Å²) < 4.78 is 33.1. The van der Waals surface area contributed by atoms with Crippen LogP contribution in [0.15, 0.2) is 35.4 Å². The molecule has 2 heterocycles. The van der Waals surface area contributed by atoms with Crippen LogP contribution in [0.25, 0.3) is 0 Å². The van der Waals surface area contributed by atoms with Gasteiger partial charge in [0.05, 0.1) is 21.3 Å². The zero-order valence-electron chi connectivity index (χ0n) is 16.4. The summed E-state index contributed by atoms with van der Waals surface area (Å²) in [4.78, 5) is 12.4. The molecule has 0 saturated carbocycles. The van der Waals surface area contributed by atoms with Gasteiger partial charge in [0.15, 0.2) is 23.0 Å². The Kier molecular flexibility index (Phi) is 4.04. The molecular weight excluding hydrogens is 376 g/mol. The lowest BCUT2D eigenvalue weighted by Gasteiger charge is -2.28. The van der Waals surface area contributed by atoms with Gasteiger partial charge in [0, 0.05) is 17.9 Å². The normalized spacial score (nSPS) is 18.9. The molecule has 2 aromatic carbocycles. The monoisotopic (exact) mass is 396 g/mol. The average molecular weight is 396 g/mol. The number of ether oxygens (including phenoxy) is 6. The molecule has 0 spiro atoms. The molecule has 0 fully saturated rings. The standard InChI is InChI=1S/C22H20O7/c1-24-18-6-12(7-19(25-2)21(18)26-3)20-13-8-17-16(28-10-29-17)5-11(13)4-14-15(20)9-27-22(14)23/h5-8,20H,4,9-10H2,1-3H3/t20-/m0/s1. The second-order valence-electron chi connectivity index (χ2n) is 7.05. The lowest BCUT2D eigenvalue weighted by molar-refractivity contribution is -0.136. The number of cyclic esters (lactones) is 1. The fourth-order valence-corrected chi connectivity index (χ4v) is 4.34. The molecule has 5 rings (SSSR count). The van der Waals surface area contributed by atoms with E-state index in [1.165, 1.54) is 0 Å². The minimum atomic E-state index is -0.263. The van der Waals surface area contributed by atoms with Crippen LogP contribution in [0.1, 0.15) is 22.6 Å². The third-order valence-corrected chi connectivity index (χ3v) is 5.67. The first-order valence-electron chi connectivity index (χ1n) is 9.26. The molecule has 29 heavy (non-hydrogen) atoms. The number of rotatable bonds is 4. The topological polar surface area (TPSA) is 72.5 Å². The summed E-state index contributed by atoms with van der Waals surface area (Å²) in [6.07, 6.45) is 0.515. The predicted octanol–water partition coefficient (Wildman–Crippen LogP) is 2.98. The number of methoxy groups -OCH3 is 3. The van der Waals surface area contributed by atoms with Crippen LogP contribution in [-0.2, 0) is 16.0 Å². The van der Waals surface area contributed by atoms with Crippen molar-refractivity contribution >= 4 is 5.97 Å². The predicted molar refractivity (Wildman–Crippen MR) is 102 cm³/mol. The van der Waals surface area contributed by atoms with E-state index in [1.54, 1.807) is 21.3 Å². The van der Waals surface area contributed by atoms with Gasteiger partial charge in [-0.1, -0.05) is 0 Å². The van der Waals surface area contributed by atoms with Gasteiger partial charge in [0.1, 0.15) is 6.61 Å². The molecule has 0 radical (unpaired) electrons. The van der Waals surface area contributed by atoms with Crippen LogP contribution in [-0.4, -0.2) is 40.7 Å². The quantitative estimate of drug-likeness (QED) is 0.736. The molecule has 150 valence electrons. The van der Waals surface area contributed by atoms with E-state index in [1.807, 2.05) is 24.3 Å². The van der Waals surface area contributed by atoms with Gasteiger partial charge in [-0.05, 0) is 46.5 Å². The highest BCUT2D eigenvalue weighted by Crippen LogP contribution is 2.50. The Labute approximate surface area is 167 Å². The molecule has 0 N–H and O–H groups in total. The lowest BCUT2D eigenvalue weighted by atomic mass is 9.75. The molecule has 3 aliphatic rings. The third-order valence-electron chi connectivity index (χ3n) is 5.67. The van der Waals surface area contributed by atoms with Crippen LogP contribution in [0.3, 0.4) is 0 Å². The van der Waals surface area contributed by atoms with Crippen molar-refractivity contribution in [3.05, 3.63) is 52.1 Å². The molecule has 2 aromatic rings. The van der Waals surface area contributed by atoms with Gasteiger partial charge in [-0.15, -0.1) is 0 Å². The Bertz CT molecular complexity index is 1030. The van der Waals surface area contributed by atoms with E-state index in [0.717, 1.165) is 22.3 Å². The fraction of sp³-hybridized carbons (Fsp3) is 0.318. The van der Waals surface area contributed by atoms with Crippen molar-refractivity contribution in [1.29, 1.82) is 0 Å². The first-order chi connectivity index (χ1) is 14.1. The number of hydrogen-bond donors (Lipinski definition) is 0. The average Bonchev–Trinajstić information content (AvgIpc) is 3.35. The summed E-state index contributed by atoms with van der Waals surface area (Å²) in [7, 11) is 4.74. The van der Waals surface area contributed by atoms with E-state index >= 15 is 0 Å². The summed E-state index contributed by atoms with van der Waals surface area (Å²) >= 11 is 0. The lowest BCUT2D eigenvalue weighted by Crippen LogP contribution is -2.17. The number of benzene rings is 2. The minimum Gasteiger partial charge on any atom is -0.493 e. The number of carbonyl (C=O) groups excluding carboxylic acids is 1. The number of hydrogen-bond acceptors (Lipinski definition) is 7. The van der Waals surface area contributed by atoms with Crippen molar-refractivity contribution in [2.24, 2.45) is 0 Å². The second-order valence-corrected chi connectivity index (χ2v) is 7.05. The highest BCUT2D eigenvalue weighted by Gasteiger charge is 2.39. The third kappa shape index (κ3) is 2.61. The van der Waals surface area contributed by atoms with E-state index in [4.69, 9.17) is 28.4 Å². The molecule has 0 aromatic heterocycles. The molecule has 0 amide bonds. The van der Waals surface area contributed by atoms with Gasteiger partial charge in [0.2, 0.25) is 12.5 Å². The van der Waals surface area contributed by atoms with Gasteiger partial charge in [-0.2, -0.15) is 0 Å². The molecule has 1 atom stereocenters. The Morgan fingerprint density at radius 1 is 0.897 bits per heavy atom. The van der Waals surface area contributed by atoms with Gasteiger partial charge >= 0.3 is 5.97 Å². The minimum absolute atomic E-state index is 0.191. The fourth-order valence-electron chi connectivity index (χ4n) is 4.34. The molecule has 2 aliphatic heterocycles. The molecule has 0 saturated heterocycles. The van der Waals surface area contributed by atoms with E-state index in [0.29, 0.717) is 40.7 Å². The Hall–Kier alpha value is -3.35. The summed E-state index contributed by atoms with van der Waals surface area (Å²) in [6, 6.07) is 7.79. The van der Waals surface area contributed by atoms with Crippen molar-refractivity contribution in [2.75, 3.05) is 34.7 Å². The van der Waals surface area contributed by atoms with Gasteiger partial charge in [-0.25, -0.2) is 4.79 Å². The van der Waals surface area contributed by atoms with Crippen molar-refractivity contribution in [2.45, 2.75) is 12.3 Å². The van der Waals surface area contributed by atoms with Crippen LogP contribution in [0, 0.1) is 0 Å². The summed E-state index contributed by atoms with van der Waals surface area (Å²) in [5.41, 5.74) is 4.65. The van der Waals surface area contributed by atoms with E-state index in [2.05, 4.69) is 0 Å². The van der Waals surface area contributed by atoms with Crippen molar-refractivity contribution in [3.63, 3.8) is 0 Å².